The Morgan fingerprint density at radius 3 is 2.68 bits per heavy atom. The van der Waals surface area contributed by atoms with Crippen molar-refractivity contribution in [2.75, 3.05) is 6.54 Å². The summed E-state index contributed by atoms with van der Waals surface area (Å²) in [7, 11) is 0. The van der Waals surface area contributed by atoms with Crippen LogP contribution >= 0.6 is 11.6 Å². The Morgan fingerprint density at radius 2 is 2.04 bits per heavy atom. The van der Waals surface area contributed by atoms with Gasteiger partial charge in [-0.25, -0.2) is 4.68 Å². The number of hydrogen-bond donors (Lipinski definition) is 1. The van der Waals surface area contributed by atoms with Gasteiger partial charge in [0.2, 0.25) is 0 Å². The van der Waals surface area contributed by atoms with Gasteiger partial charge in [-0.2, -0.15) is 18.3 Å². The van der Waals surface area contributed by atoms with Gasteiger partial charge in [-0.3, -0.25) is 4.79 Å². The van der Waals surface area contributed by atoms with Crippen LogP contribution in [0.25, 0.3) is 17.1 Å². The molecule has 5 nitrogen and oxygen atoms in total. The average molecular weight is 370 g/mol. The fourth-order valence-electron chi connectivity index (χ4n) is 2.17. The summed E-state index contributed by atoms with van der Waals surface area (Å²) in [5.41, 5.74) is 0.772. The van der Waals surface area contributed by atoms with Gasteiger partial charge in [-0.1, -0.05) is 17.7 Å². The molecule has 1 N–H and O–H groups in total. The highest BCUT2D eigenvalue weighted by Gasteiger charge is 2.29. The molecule has 130 valence electrons. The molecule has 3 rings (SSSR count). The van der Waals surface area contributed by atoms with Crippen LogP contribution in [0, 0.1) is 0 Å². The van der Waals surface area contributed by atoms with E-state index in [1.807, 2.05) is 0 Å². The lowest BCUT2D eigenvalue weighted by Crippen LogP contribution is -2.33. The Bertz CT molecular complexity index is 888. The molecule has 3 aromatic rings. The Kier molecular flexibility index (Phi) is 4.54. The maximum atomic E-state index is 12.3. The first-order chi connectivity index (χ1) is 11.8. The second-order valence-electron chi connectivity index (χ2n) is 5.08. The smallest absolute Gasteiger partial charge is 0.405 e. The molecule has 1 aromatic carbocycles. The molecule has 0 spiro atoms. The van der Waals surface area contributed by atoms with Gasteiger partial charge in [-0.15, -0.1) is 0 Å². The van der Waals surface area contributed by atoms with Gasteiger partial charge >= 0.3 is 6.18 Å². The minimum atomic E-state index is -4.50. The molecular weight excluding hydrogens is 359 g/mol. The minimum Gasteiger partial charge on any atom is -0.463 e. The van der Waals surface area contributed by atoms with Crippen LogP contribution in [0.4, 0.5) is 13.2 Å². The van der Waals surface area contributed by atoms with Crippen LogP contribution in [-0.4, -0.2) is 28.4 Å². The van der Waals surface area contributed by atoms with Gasteiger partial charge in [0.1, 0.15) is 12.2 Å². The van der Waals surface area contributed by atoms with Crippen LogP contribution in [0.1, 0.15) is 10.5 Å². The predicted octanol–water partition coefficient (Wildman–Crippen LogP) is 4.08. The lowest BCUT2D eigenvalue weighted by Gasteiger charge is -2.07. The van der Waals surface area contributed by atoms with E-state index in [1.165, 1.54) is 17.0 Å². The zero-order valence-electron chi connectivity index (χ0n) is 12.5. The molecule has 0 unspecified atom stereocenters. The lowest BCUT2D eigenvalue weighted by molar-refractivity contribution is -0.123. The lowest BCUT2D eigenvalue weighted by atomic mass is 10.2. The third-order valence-electron chi connectivity index (χ3n) is 3.22. The van der Waals surface area contributed by atoms with Crippen molar-refractivity contribution in [3.8, 4) is 17.1 Å². The van der Waals surface area contributed by atoms with E-state index in [4.69, 9.17) is 16.0 Å². The Morgan fingerprint density at radius 1 is 1.24 bits per heavy atom. The Balaban J connectivity index is 1.99. The Labute approximate surface area is 145 Å². The molecule has 0 saturated heterocycles. The second kappa shape index (κ2) is 6.64. The SMILES string of the molecule is O=C(NCC(F)(F)F)c1cc(-c2ccco2)n(-c2cccc(Cl)c2)n1. The number of nitrogens with zero attached hydrogens (tertiary/aromatic N) is 2. The van der Waals surface area contributed by atoms with Crippen LogP contribution in [0.3, 0.4) is 0 Å². The summed E-state index contributed by atoms with van der Waals surface area (Å²) >= 11 is 5.97. The molecule has 0 saturated carbocycles. The molecule has 1 amide bonds. The van der Waals surface area contributed by atoms with E-state index in [9.17, 15) is 18.0 Å². The topological polar surface area (TPSA) is 60.1 Å². The van der Waals surface area contributed by atoms with Crippen molar-refractivity contribution >= 4 is 17.5 Å². The number of alkyl halides is 3. The summed E-state index contributed by atoms with van der Waals surface area (Å²) in [5, 5.41) is 6.33. The number of benzene rings is 1. The van der Waals surface area contributed by atoms with Crippen molar-refractivity contribution in [1.29, 1.82) is 0 Å². The van der Waals surface area contributed by atoms with E-state index in [1.54, 1.807) is 41.7 Å². The molecule has 25 heavy (non-hydrogen) atoms. The summed E-state index contributed by atoms with van der Waals surface area (Å²) in [5.74, 6) is -0.534. The normalized spacial score (nSPS) is 11.5. The number of rotatable bonds is 4. The van der Waals surface area contributed by atoms with E-state index >= 15 is 0 Å². The number of hydrogen-bond acceptors (Lipinski definition) is 3. The van der Waals surface area contributed by atoms with E-state index in [2.05, 4.69) is 5.10 Å². The van der Waals surface area contributed by atoms with Gasteiger partial charge in [0, 0.05) is 11.1 Å². The molecule has 0 radical (unpaired) electrons. The van der Waals surface area contributed by atoms with Crippen LogP contribution in [0.2, 0.25) is 5.02 Å². The first-order valence-electron chi connectivity index (χ1n) is 7.08. The van der Waals surface area contributed by atoms with Crippen LogP contribution in [0.5, 0.6) is 0 Å². The molecule has 0 aliphatic heterocycles. The maximum Gasteiger partial charge on any atom is 0.405 e. The highest BCUT2D eigenvalue weighted by molar-refractivity contribution is 6.30. The van der Waals surface area contributed by atoms with Crippen molar-refractivity contribution in [2.45, 2.75) is 6.18 Å². The van der Waals surface area contributed by atoms with Gasteiger partial charge in [0.05, 0.1) is 12.0 Å². The number of halogens is 4. The zero-order chi connectivity index (χ0) is 18.0. The largest absolute Gasteiger partial charge is 0.463 e. The zero-order valence-corrected chi connectivity index (χ0v) is 13.3. The van der Waals surface area contributed by atoms with Gasteiger partial charge < -0.3 is 9.73 Å². The molecule has 0 aliphatic rings. The van der Waals surface area contributed by atoms with Crippen molar-refractivity contribution in [2.24, 2.45) is 0 Å². The highest BCUT2D eigenvalue weighted by Crippen LogP contribution is 2.26. The van der Waals surface area contributed by atoms with Crippen molar-refractivity contribution in [3.05, 3.63) is 59.4 Å². The number of carbonyl (C=O) groups is 1. The molecule has 0 bridgehead atoms. The maximum absolute atomic E-state index is 12.3. The van der Waals surface area contributed by atoms with Gasteiger partial charge in [0.15, 0.2) is 11.5 Å². The standard InChI is InChI=1S/C16H11ClF3N3O2/c17-10-3-1-4-11(7-10)23-13(14-5-2-6-25-14)8-12(22-23)15(24)21-9-16(18,19)20/h1-8H,9H2,(H,21,24). The summed E-state index contributed by atoms with van der Waals surface area (Å²) in [6.45, 7) is -1.44. The van der Waals surface area contributed by atoms with E-state index in [-0.39, 0.29) is 5.69 Å². The number of carbonyl (C=O) groups excluding carboxylic acids is 1. The van der Waals surface area contributed by atoms with E-state index in [0.29, 0.717) is 22.2 Å². The van der Waals surface area contributed by atoms with Gasteiger partial charge in [-0.05, 0) is 30.3 Å². The Hall–Kier alpha value is -2.74. The molecule has 0 aliphatic carbocycles. The van der Waals surface area contributed by atoms with E-state index < -0.39 is 18.6 Å². The van der Waals surface area contributed by atoms with E-state index in [0.717, 1.165) is 0 Å². The van der Waals surface area contributed by atoms with Crippen LogP contribution < -0.4 is 5.32 Å². The van der Waals surface area contributed by atoms with Crippen LogP contribution in [-0.2, 0) is 0 Å². The average Bonchev–Trinajstić information content (AvgIpc) is 3.20. The predicted molar refractivity (Wildman–Crippen MR) is 84.7 cm³/mol. The third kappa shape index (κ3) is 4.03. The highest BCUT2D eigenvalue weighted by atomic mass is 35.5. The molecule has 9 heteroatoms. The summed E-state index contributed by atoms with van der Waals surface area (Å²) < 4.78 is 43.5. The molecule has 2 heterocycles. The number of amides is 1. The number of aromatic nitrogens is 2. The molecule has 0 atom stereocenters. The quantitative estimate of drug-likeness (QED) is 0.754. The summed E-state index contributed by atoms with van der Waals surface area (Å²) in [6, 6.07) is 11.3. The monoisotopic (exact) mass is 369 g/mol. The molecule has 2 aromatic heterocycles. The summed E-state index contributed by atoms with van der Waals surface area (Å²) in [6.07, 6.45) is -3.07. The van der Waals surface area contributed by atoms with Crippen molar-refractivity contribution < 1.29 is 22.4 Å². The van der Waals surface area contributed by atoms with Gasteiger partial charge in [0.25, 0.3) is 5.91 Å². The second-order valence-corrected chi connectivity index (χ2v) is 5.52. The molecular formula is C16H11ClF3N3O2. The first kappa shape index (κ1) is 17.1. The fraction of sp³-hybridized carbons (Fsp3) is 0.125. The summed E-state index contributed by atoms with van der Waals surface area (Å²) in [4.78, 5) is 12.0. The number of furan rings is 1. The third-order valence-corrected chi connectivity index (χ3v) is 3.45. The molecule has 0 fully saturated rings. The fourth-order valence-corrected chi connectivity index (χ4v) is 2.35. The minimum absolute atomic E-state index is 0.171. The van der Waals surface area contributed by atoms with Crippen molar-refractivity contribution in [3.63, 3.8) is 0 Å². The first-order valence-corrected chi connectivity index (χ1v) is 7.46. The number of nitrogens with one attached hydrogen (secondary N) is 1. The van der Waals surface area contributed by atoms with Crippen molar-refractivity contribution in [1.82, 2.24) is 15.1 Å². The van der Waals surface area contributed by atoms with Crippen LogP contribution in [0.15, 0.2) is 53.1 Å².